The van der Waals surface area contributed by atoms with Gasteiger partial charge in [-0.05, 0) is 13.8 Å². The number of hydrogen-bond acceptors (Lipinski definition) is 3. The monoisotopic (exact) mass is 134 g/mol. The Bertz CT molecular complexity index is 57.3. The highest BCUT2D eigenvalue weighted by Crippen LogP contribution is 1.97. The van der Waals surface area contributed by atoms with Gasteiger partial charge in [0.15, 0.2) is 12.6 Å². The first kappa shape index (κ1) is 8.88. The average molecular weight is 134 g/mol. The van der Waals surface area contributed by atoms with E-state index in [2.05, 4.69) is 0 Å². The molecule has 0 rings (SSSR count). The van der Waals surface area contributed by atoms with Crippen molar-refractivity contribution in [2.45, 2.75) is 26.4 Å². The van der Waals surface area contributed by atoms with E-state index in [0.29, 0.717) is 0 Å². The third-order valence-electron chi connectivity index (χ3n) is 1.05. The first-order chi connectivity index (χ1) is 4.20. The van der Waals surface area contributed by atoms with Gasteiger partial charge >= 0.3 is 0 Å². The molecule has 0 saturated carbocycles. The molecule has 0 spiro atoms. The fourth-order valence-corrected chi connectivity index (χ4v) is 0.381. The van der Waals surface area contributed by atoms with Crippen LogP contribution in [0.15, 0.2) is 0 Å². The van der Waals surface area contributed by atoms with Crippen LogP contribution in [-0.4, -0.2) is 26.8 Å². The fraction of sp³-hybridized carbons (Fsp3) is 1.00. The van der Waals surface area contributed by atoms with Gasteiger partial charge in [-0.3, -0.25) is 0 Å². The number of hydrogen-bond donors (Lipinski definition) is 0. The minimum atomic E-state index is -0.194. The highest BCUT2D eigenvalue weighted by atomic mass is 16.8. The Morgan fingerprint density at radius 1 is 0.889 bits per heavy atom. The van der Waals surface area contributed by atoms with Crippen LogP contribution in [0.1, 0.15) is 13.8 Å². The number of rotatable bonds is 4. The Morgan fingerprint density at radius 2 is 1.22 bits per heavy atom. The Balaban J connectivity index is 3.22. The lowest BCUT2D eigenvalue weighted by atomic mass is 10.7. The van der Waals surface area contributed by atoms with Crippen molar-refractivity contribution in [1.29, 1.82) is 0 Å². The first-order valence-electron chi connectivity index (χ1n) is 2.91. The summed E-state index contributed by atoms with van der Waals surface area (Å²) in [4.78, 5) is 0. The molecule has 0 aliphatic carbocycles. The standard InChI is InChI=1S/C6H14O3/c1-5(7-3)9-6(2)8-4/h5-6H,1-4H3. The van der Waals surface area contributed by atoms with Gasteiger partial charge in [-0.25, -0.2) is 0 Å². The van der Waals surface area contributed by atoms with Crippen molar-refractivity contribution in [3.8, 4) is 0 Å². The quantitative estimate of drug-likeness (QED) is 0.536. The topological polar surface area (TPSA) is 27.7 Å². The molecule has 0 N–H and O–H groups in total. The Labute approximate surface area is 55.9 Å². The van der Waals surface area contributed by atoms with Gasteiger partial charge in [-0.1, -0.05) is 0 Å². The Morgan fingerprint density at radius 3 is 1.44 bits per heavy atom. The minimum absolute atomic E-state index is 0.194. The molecule has 0 amide bonds. The van der Waals surface area contributed by atoms with Crippen LogP contribution in [0.5, 0.6) is 0 Å². The molecule has 2 unspecified atom stereocenters. The van der Waals surface area contributed by atoms with Crippen molar-refractivity contribution in [2.75, 3.05) is 14.2 Å². The maximum absolute atomic E-state index is 5.10. The zero-order valence-corrected chi connectivity index (χ0v) is 6.38. The summed E-state index contributed by atoms with van der Waals surface area (Å²) >= 11 is 0. The smallest absolute Gasteiger partial charge is 0.157 e. The molecular weight excluding hydrogens is 120 g/mol. The van der Waals surface area contributed by atoms with E-state index in [0.717, 1.165) is 0 Å². The molecule has 0 bridgehead atoms. The predicted octanol–water partition coefficient (Wildman–Crippen LogP) is 0.988. The van der Waals surface area contributed by atoms with Gasteiger partial charge in [-0.15, -0.1) is 0 Å². The summed E-state index contributed by atoms with van der Waals surface area (Å²) in [7, 11) is 3.18. The molecule has 2 atom stereocenters. The minimum Gasteiger partial charge on any atom is -0.356 e. The molecule has 3 heteroatoms. The van der Waals surface area contributed by atoms with Crippen LogP contribution in [-0.2, 0) is 14.2 Å². The summed E-state index contributed by atoms with van der Waals surface area (Å²) in [5.74, 6) is 0. The summed E-state index contributed by atoms with van der Waals surface area (Å²) in [6, 6.07) is 0. The van der Waals surface area contributed by atoms with E-state index in [1.807, 2.05) is 13.8 Å². The van der Waals surface area contributed by atoms with Gasteiger partial charge in [0.05, 0.1) is 0 Å². The zero-order valence-electron chi connectivity index (χ0n) is 6.38. The molecule has 0 radical (unpaired) electrons. The second kappa shape index (κ2) is 4.73. The van der Waals surface area contributed by atoms with Crippen LogP contribution in [0.2, 0.25) is 0 Å². The average Bonchev–Trinajstić information content (AvgIpc) is 1.87. The van der Waals surface area contributed by atoms with Gasteiger partial charge in [-0.2, -0.15) is 0 Å². The number of methoxy groups -OCH3 is 2. The second-order valence-corrected chi connectivity index (χ2v) is 1.74. The molecule has 0 aliphatic rings. The van der Waals surface area contributed by atoms with Crippen LogP contribution >= 0.6 is 0 Å². The van der Waals surface area contributed by atoms with Gasteiger partial charge in [0.1, 0.15) is 0 Å². The molecule has 0 heterocycles. The van der Waals surface area contributed by atoms with Gasteiger partial charge in [0.2, 0.25) is 0 Å². The lowest BCUT2D eigenvalue weighted by molar-refractivity contribution is -0.213. The molecule has 0 aromatic heterocycles. The predicted molar refractivity (Wildman–Crippen MR) is 34.0 cm³/mol. The van der Waals surface area contributed by atoms with E-state index in [1.165, 1.54) is 0 Å². The summed E-state index contributed by atoms with van der Waals surface area (Å²) in [5, 5.41) is 0. The molecule has 0 aliphatic heterocycles. The summed E-state index contributed by atoms with van der Waals surface area (Å²) in [5.41, 5.74) is 0. The van der Waals surface area contributed by atoms with Crippen molar-refractivity contribution in [2.24, 2.45) is 0 Å². The Hall–Kier alpha value is -0.120. The zero-order chi connectivity index (χ0) is 7.28. The van der Waals surface area contributed by atoms with Gasteiger partial charge < -0.3 is 14.2 Å². The summed E-state index contributed by atoms with van der Waals surface area (Å²) in [6.45, 7) is 3.63. The van der Waals surface area contributed by atoms with Crippen LogP contribution in [0.4, 0.5) is 0 Å². The third-order valence-corrected chi connectivity index (χ3v) is 1.05. The fourth-order valence-electron chi connectivity index (χ4n) is 0.381. The van der Waals surface area contributed by atoms with Crippen molar-refractivity contribution >= 4 is 0 Å². The van der Waals surface area contributed by atoms with Crippen molar-refractivity contribution in [3.05, 3.63) is 0 Å². The van der Waals surface area contributed by atoms with Crippen molar-refractivity contribution in [1.82, 2.24) is 0 Å². The van der Waals surface area contributed by atoms with Crippen LogP contribution in [0.25, 0.3) is 0 Å². The highest BCUT2D eigenvalue weighted by Gasteiger charge is 2.03. The van der Waals surface area contributed by atoms with E-state index in [-0.39, 0.29) is 12.6 Å². The first-order valence-corrected chi connectivity index (χ1v) is 2.91. The largest absolute Gasteiger partial charge is 0.356 e. The lowest BCUT2D eigenvalue weighted by Gasteiger charge is -2.15. The summed E-state index contributed by atoms with van der Waals surface area (Å²) in [6.07, 6.45) is -0.389. The molecule has 0 saturated heterocycles. The molecule has 3 nitrogen and oxygen atoms in total. The van der Waals surface area contributed by atoms with Crippen LogP contribution < -0.4 is 0 Å². The maximum Gasteiger partial charge on any atom is 0.157 e. The highest BCUT2D eigenvalue weighted by molar-refractivity contribution is 4.30. The molecule has 0 aromatic carbocycles. The van der Waals surface area contributed by atoms with Gasteiger partial charge in [0, 0.05) is 14.2 Å². The van der Waals surface area contributed by atoms with E-state index >= 15 is 0 Å². The van der Waals surface area contributed by atoms with Crippen LogP contribution in [0, 0.1) is 0 Å². The molecule has 9 heavy (non-hydrogen) atoms. The molecular formula is C6H14O3. The van der Waals surface area contributed by atoms with E-state index < -0.39 is 0 Å². The lowest BCUT2D eigenvalue weighted by Crippen LogP contribution is -2.19. The normalized spacial score (nSPS) is 17.3. The van der Waals surface area contributed by atoms with E-state index in [1.54, 1.807) is 14.2 Å². The van der Waals surface area contributed by atoms with E-state index in [4.69, 9.17) is 14.2 Å². The molecule has 0 fully saturated rings. The third kappa shape index (κ3) is 4.39. The van der Waals surface area contributed by atoms with Gasteiger partial charge in [0.25, 0.3) is 0 Å². The SMILES string of the molecule is COC(C)OC(C)OC. The van der Waals surface area contributed by atoms with Crippen molar-refractivity contribution in [3.63, 3.8) is 0 Å². The van der Waals surface area contributed by atoms with Crippen molar-refractivity contribution < 1.29 is 14.2 Å². The van der Waals surface area contributed by atoms with Crippen LogP contribution in [0.3, 0.4) is 0 Å². The molecule has 0 aromatic rings. The number of ether oxygens (including phenoxy) is 3. The Kier molecular flexibility index (Phi) is 4.67. The van der Waals surface area contributed by atoms with E-state index in [9.17, 15) is 0 Å². The summed E-state index contributed by atoms with van der Waals surface area (Å²) < 4.78 is 14.7. The second-order valence-electron chi connectivity index (χ2n) is 1.74. The molecule has 56 valence electrons. The maximum atomic E-state index is 5.10.